The fourth-order valence-corrected chi connectivity index (χ4v) is 1.81. The van der Waals surface area contributed by atoms with E-state index in [9.17, 15) is 14.1 Å². The van der Waals surface area contributed by atoms with Crippen LogP contribution in [0.25, 0.3) is 10.9 Å². The Balaban J connectivity index is 2.25. The van der Waals surface area contributed by atoms with E-state index in [0.29, 0.717) is 23.7 Å². The maximum atomic E-state index is 12.0. The molecule has 6 heteroatoms. The lowest BCUT2D eigenvalue weighted by atomic mass is 10.2. The molecule has 0 atom stereocenters. The van der Waals surface area contributed by atoms with E-state index >= 15 is 0 Å². The fourth-order valence-electron chi connectivity index (χ4n) is 1.81. The number of hydrogen-bond donors (Lipinski definition) is 1. The van der Waals surface area contributed by atoms with Crippen molar-refractivity contribution in [1.82, 2.24) is 9.88 Å². The number of aromatic nitrogens is 1. The first-order chi connectivity index (χ1) is 9.15. The number of carbonyl (C=O) groups is 2. The van der Waals surface area contributed by atoms with Gasteiger partial charge in [0.15, 0.2) is 5.75 Å². The van der Waals surface area contributed by atoms with E-state index < -0.39 is 6.03 Å². The van der Waals surface area contributed by atoms with Crippen molar-refractivity contribution >= 4 is 22.8 Å². The van der Waals surface area contributed by atoms with Crippen LogP contribution in [0.5, 0.6) is 5.75 Å². The van der Waals surface area contributed by atoms with Gasteiger partial charge in [0.1, 0.15) is 0 Å². The Hall–Kier alpha value is -2.37. The maximum absolute atomic E-state index is 12.0. The Bertz CT molecular complexity index is 621. The van der Waals surface area contributed by atoms with Crippen LogP contribution in [0.1, 0.15) is 19.8 Å². The van der Waals surface area contributed by atoms with Crippen molar-refractivity contribution in [2.24, 2.45) is 0 Å². The zero-order valence-electron chi connectivity index (χ0n) is 10.4. The molecule has 0 saturated heterocycles. The molecule has 1 aromatic heterocycles. The second kappa shape index (κ2) is 5.51. The highest BCUT2D eigenvalue weighted by molar-refractivity contribution is 6.00. The lowest BCUT2D eigenvalue weighted by molar-refractivity contribution is -0.120. The molecular formula is C13H13FN2O3. The Morgan fingerprint density at radius 3 is 2.84 bits per heavy atom. The first kappa shape index (κ1) is 13.1. The molecule has 0 unspecified atom stereocenters. The molecule has 0 aliphatic carbocycles. The fraction of sp³-hybridized carbons (Fsp3) is 0.231. The van der Waals surface area contributed by atoms with E-state index in [1.54, 1.807) is 12.1 Å². The average molecular weight is 264 g/mol. The minimum atomic E-state index is -0.526. The number of amides is 2. The number of nitrogens with zero attached hydrogens (tertiary/aromatic N) is 1. The summed E-state index contributed by atoms with van der Waals surface area (Å²) in [6, 6.07) is 5.53. The van der Waals surface area contributed by atoms with Crippen LogP contribution in [0.4, 0.5) is 9.32 Å². The number of imide groups is 1. The van der Waals surface area contributed by atoms with Gasteiger partial charge in [-0.2, -0.15) is 0 Å². The molecule has 19 heavy (non-hydrogen) atoms. The smallest absolute Gasteiger partial charge is 0.294 e. The molecular weight excluding hydrogens is 251 g/mol. The summed E-state index contributed by atoms with van der Waals surface area (Å²) >= 11 is 0. The molecule has 100 valence electrons. The second-order valence-corrected chi connectivity index (χ2v) is 4.09. The van der Waals surface area contributed by atoms with Crippen molar-refractivity contribution in [3.8, 4) is 5.75 Å². The Morgan fingerprint density at radius 1 is 1.37 bits per heavy atom. The minimum absolute atomic E-state index is 0.0627. The molecule has 1 aromatic carbocycles. The van der Waals surface area contributed by atoms with Gasteiger partial charge in [-0.25, -0.2) is 4.79 Å². The second-order valence-electron chi connectivity index (χ2n) is 4.09. The number of hydrogen-bond acceptors (Lipinski definition) is 3. The zero-order chi connectivity index (χ0) is 13.8. The monoisotopic (exact) mass is 264 g/mol. The van der Waals surface area contributed by atoms with E-state index in [2.05, 4.69) is 10.3 Å². The molecule has 2 rings (SSSR count). The quantitative estimate of drug-likeness (QED) is 0.927. The van der Waals surface area contributed by atoms with Gasteiger partial charge in [0.25, 0.3) is 0 Å². The number of nitrogens with one attached hydrogen (secondary N) is 1. The molecule has 5 nitrogen and oxygen atoms in total. The van der Waals surface area contributed by atoms with E-state index in [-0.39, 0.29) is 11.7 Å². The van der Waals surface area contributed by atoms with Crippen molar-refractivity contribution in [2.45, 2.75) is 19.8 Å². The summed E-state index contributed by atoms with van der Waals surface area (Å²) < 4.78 is 13.3. The number of fused-ring (bicyclic) bond motifs is 1. The van der Waals surface area contributed by atoms with Crippen LogP contribution >= 0.6 is 0 Å². The number of carbonyl (C=O) groups excluding carboxylic acids is 2. The van der Waals surface area contributed by atoms with E-state index in [1.807, 2.05) is 6.92 Å². The molecule has 1 N–H and O–H groups in total. The summed E-state index contributed by atoms with van der Waals surface area (Å²) in [5.74, 6) is -0.259. The predicted molar refractivity (Wildman–Crippen MR) is 67.5 cm³/mol. The summed E-state index contributed by atoms with van der Waals surface area (Å²) in [7, 11) is 0. The van der Waals surface area contributed by atoms with Gasteiger partial charge in [0.05, 0.1) is 5.52 Å². The topological polar surface area (TPSA) is 60.3 Å². The Kier molecular flexibility index (Phi) is 3.79. The first-order valence-corrected chi connectivity index (χ1v) is 5.89. The van der Waals surface area contributed by atoms with Gasteiger partial charge in [-0.15, -0.1) is 0 Å². The van der Waals surface area contributed by atoms with Gasteiger partial charge in [-0.05, 0) is 30.7 Å². The first-order valence-electron chi connectivity index (χ1n) is 5.89. The molecule has 0 saturated carbocycles. The van der Waals surface area contributed by atoms with Crippen LogP contribution in [-0.4, -0.2) is 16.5 Å². The standard InChI is InChI=1S/C13H13FN2O3/c1-2-3-12(17)15-13(18)16-7-6-9-8-10(19-14)4-5-11(9)16/h4-8H,2-3H2,1H3,(H,15,17,18). The highest BCUT2D eigenvalue weighted by atomic mass is 19.3. The third-order valence-corrected chi connectivity index (χ3v) is 2.69. The summed E-state index contributed by atoms with van der Waals surface area (Å²) in [4.78, 5) is 26.9. The van der Waals surface area contributed by atoms with E-state index in [0.717, 1.165) is 0 Å². The molecule has 2 aromatic rings. The van der Waals surface area contributed by atoms with Crippen LogP contribution < -0.4 is 10.3 Å². The van der Waals surface area contributed by atoms with Crippen LogP contribution in [0.2, 0.25) is 0 Å². The number of benzene rings is 1. The summed E-state index contributed by atoms with van der Waals surface area (Å²) in [5, 5.41) is 2.93. The lowest BCUT2D eigenvalue weighted by Crippen LogP contribution is -2.33. The maximum Gasteiger partial charge on any atom is 0.332 e. The molecule has 0 bridgehead atoms. The predicted octanol–water partition coefficient (Wildman–Crippen LogP) is 2.79. The molecule has 1 heterocycles. The van der Waals surface area contributed by atoms with Gasteiger partial charge >= 0.3 is 6.03 Å². The van der Waals surface area contributed by atoms with Gasteiger partial charge in [0.2, 0.25) is 5.91 Å². The molecule has 0 radical (unpaired) electrons. The third-order valence-electron chi connectivity index (χ3n) is 2.69. The van der Waals surface area contributed by atoms with Crippen molar-refractivity contribution in [2.75, 3.05) is 0 Å². The average Bonchev–Trinajstić information content (AvgIpc) is 2.81. The largest absolute Gasteiger partial charge is 0.332 e. The molecule has 0 aliphatic rings. The van der Waals surface area contributed by atoms with Gasteiger partial charge in [-0.1, -0.05) is 6.92 Å². The van der Waals surface area contributed by atoms with Crippen molar-refractivity contribution in [3.05, 3.63) is 30.5 Å². The summed E-state index contributed by atoms with van der Waals surface area (Å²) in [6.07, 6.45) is 2.48. The third kappa shape index (κ3) is 2.73. The zero-order valence-corrected chi connectivity index (χ0v) is 10.4. The Morgan fingerprint density at radius 2 is 2.16 bits per heavy atom. The highest BCUT2D eigenvalue weighted by Gasteiger charge is 2.12. The minimum Gasteiger partial charge on any atom is -0.294 e. The lowest BCUT2D eigenvalue weighted by Gasteiger charge is -2.05. The highest BCUT2D eigenvalue weighted by Crippen LogP contribution is 2.22. The van der Waals surface area contributed by atoms with Crippen LogP contribution in [0.15, 0.2) is 30.5 Å². The Labute approximate surface area is 108 Å². The number of halogens is 1. The molecule has 2 amide bonds. The van der Waals surface area contributed by atoms with E-state index in [1.165, 1.54) is 22.9 Å². The van der Waals surface area contributed by atoms with Gasteiger partial charge in [-0.3, -0.25) is 19.6 Å². The van der Waals surface area contributed by atoms with Crippen molar-refractivity contribution < 1.29 is 19.1 Å². The number of rotatable bonds is 3. The van der Waals surface area contributed by atoms with Crippen LogP contribution in [-0.2, 0) is 4.79 Å². The van der Waals surface area contributed by atoms with Gasteiger partial charge < -0.3 is 0 Å². The van der Waals surface area contributed by atoms with Crippen molar-refractivity contribution in [1.29, 1.82) is 0 Å². The van der Waals surface area contributed by atoms with Gasteiger partial charge in [0, 0.05) is 22.5 Å². The van der Waals surface area contributed by atoms with Crippen LogP contribution in [0.3, 0.4) is 0 Å². The SMILES string of the molecule is CCCC(=O)NC(=O)n1ccc2cc(OF)ccc21. The molecule has 0 fully saturated rings. The normalized spacial score (nSPS) is 10.4. The summed E-state index contributed by atoms with van der Waals surface area (Å²) in [5.41, 5.74) is 0.572. The molecule has 0 spiro atoms. The van der Waals surface area contributed by atoms with Crippen LogP contribution in [0, 0.1) is 0 Å². The van der Waals surface area contributed by atoms with Crippen molar-refractivity contribution in [3.63, 3.8) is 0 Å². The summed E-state index contributed by atoms with van der Waals surface area (Å²) in [6.45, 7) is 1.85. The van der Waals surface area contributed by atoms with E-state index in [4.69, 9.17) is 0 Å². The molecule has 0 aliphatic heterocycles.